The summed E-state index contributed by atoms with van der Waals surface area (Å²) in [4.78, 5) is 0. The van der Waals surface area contributed by atoms with Crippen LogP contribution < -0.4 is 21.1 Å². The summed E-state index contributed by atoms with van der Waals surface area (Å²) in [6, 6.07) is 43.8. The van der Waals surface area contributed by atoms with Crippen molar-refractivity contribution in [3.05, 3.63) is 204 Å². The quantitative estimate of drug-likeness (QED) is 0.0412. The number of nitrogens with two attached hydrogens (primary N) is 2. The Kier molecular flexibility index (Phi) is 18.1. The smallest absolute Gasteiger partial charge is 0.399 e. The largest absolute Gasteiger partial charge is 0.534 e. The van der Waals surface area contributed by atoms with Gasteiger partial charge in [0, 0.05) is 5.56 Å². The molecule has 0 radical (unpaired) electrons. The molecule has 0 saturated carbocycles. The second-order valence-electron chi connectivity index (χ2n) is 19.7. The Balaban J connectivity index is 0.000000178. The lowest BCUT2D eigenvalue weighted by Crippen LogP contribution is -2.41. The van der Waals surface area contributed by atoms with Crippen LogP contribution >= 0.6 is 0 Å². The number of aryl methyl sites for hydroxylation is 2. The summed E-state index contributed by atoms with van der Waals surface area (Å²) in [6.45, 7) is 11.8. The molecule has 79 heavy (non-hydrogen) atoms. The average molecular weight is 1110 g/mol. The Morgan fingerprint density at radius 1 is 0.456 bits per heavy atom. The maximum Gasteiger partial charge on any atom is 0.534 e. The summed E-state index contributed by atoms with van der Waals surface area (Å²) in [5, 5.41) is 0. The van der Waals surface area contributed by atoms with E-state index in [0.29, 0.717) is 16.7 Å². The van der Waals surface area contributed by atoms with E-state index in [0.717, 1.165) is 89.9 Å². The Morgan fingerprint density at radius 2 is 0.772 bits per heavy atom. The second-order valence-corrected chi connectivity index (χ2v) is 21.2. The molecule has 0 aliphatic carbocycles. The fraction of sp³-hybridized carbons (Fsp3) is 0.213. The van der Waals surface area contributed by atoms with Crippen LogP contribution in [-0.2, 0) is 32.3 Å². The molecular formula is C61H56BF9N2O5S. The maximum atomic E-state index is 14.8. The molecule has 0 unspecified atom stereocenters. The first-order valence-corrected chi connectivity index (χ1v) is 26.5. The number of hydrogen-bond acceptors (Lipinski definition) is 7. The van der Waals surface area contributed by atoms with E-state index in [1.54, 1.807) is 18.2 Å². The molecule has 412 valence electrons. The molecular weight excluding hydrogens is 1050 g/mol. The Bertz CT molecular complexity index is 3480. The zero-order valence-electron chi connectivity index (χ0n) is 43.9. The number of rotatable bonds is 12. The van der Waals surface area contributed by atoms with Gasteiger partial charge in [-0.1, -0.05) is 142 Å². The van der Waals surface area contributed by atoms with Gasteiger partial charge in [-0.05, 0) is 150 Å². The third kappa shape index (κ3) is 14.0. The fourth-order valence-electron chi connectivity index (χ4n) is 8.32. The Hall–Kier alpha value is -7.54. The van der Waals surface area contributed by atoms with Gasteiger partial charge >= 0.3 is 22.7 Å². The third-order valence-electron chi connectivity index (χ3n) is 13.5. The van der Waals surface area contributed by atoms with Crippen molar-refractivity contribution < 1.29 is 61.4 Å². The number of nitrogen functional groups attached to an aromatic ring is 2. The molecule has 0 bridgehead atoms. The SMILES string of the molecule is CC1(C)OB(c2cc(F)c(N)c(F)c2)OC1(C)C.CCCc1ccc(-c2ccc(-c3ccc(-c4cc(F)c(N)c(F)c4)c(F)c3)cc2)cc1.CCCc1ccc(-c2ccc(-c3ccc(OS(=O)(=O)C(F)(F)F)c(F)c3)cc2)cc1. The first kappa shape index (κ1) is 59.1. The van der Waals surface area contributed by atoms with Gasteiger partial charge < -0.3 is 25.0 Å². The van der Waals surface area contributed by atoms with Crippen LogP contribution in [0.2, 0.25) is 0 Å². The van der Waals surface area contributed by atoms with Crippen molar-refractivity contribution in [2.45, 2.75) is 83.9 Å². The zero-order valence-corrected chi connectivity index (χ0v) is 44.7. The number of hydrogen-bond donors (Lipinski definition) is 2. The van der Waals surface area contributed by atoms with Crippen molar-refractivity contribution >= 4 is 34.1 Å². The lowest BCUT2D eigenvalue weighted by atomic mass is 9.79. The van der Waals surface area contributed by atoms with E-state index < -0.39 is 86.0 Å². The highest BCUT2D eigenvalue weighted by Crippen LogP contribution is 2.38. The highest BCUT2D eigenvalue weighted by molar-refractivity contribution is 7.88. The number of anilines is 2. The van der Waals surface area contributed by atoms with Gasteiger partial charge in [0.15, 0.2) is 11.6 Å². The molecule has 0 spiro atoms. The van der Waals surface area contributed by atoms with E-state index in [1.165, 1.54) is 29.3 Å². The summed E-state index contributed by atoms with van der Waals surface area (Å²) < 4.78 is 158. The summed E-state index contributed by atoms with van der Waals surface area (Å²) in [6.07, 6.45) is 4.26. The van der Waals surface area contributed by atoms with Crippen molar-refractivity contribution in [2.24, 2.45) is 0 Å². The molecule has 18 heteroatoms. The van der Waals surface area contributed by atoms with Crippen molar-refractivity contribution in [1.82, 2.24) is 0 Å². The standard InChI is InChI=1S/C27H22F3N.C22H18F4O3S.C12H16BF2NO2/c1-2-3-17-4-6-18(7-5-17)19-8-10-20(11-9-19)21-12-13-23(24(28)14-21)22-15-25(29)27(31)26(30)16-22;1-2-3-15-4-6-16(7-5-15)17-8-10-18(11-9-17)19-12-13-21(20(23)14-19)29-30(27,28)22(24,25)26;1-11(2)12(3,4)18-13(17-11)7-5-8(14)10(16)9(15)6-7/h4-16H,2-3,31H2,1H3;4-14H,2-3H2,1H3;5-6H,16H2,1-4H3. The molecule has 0 atom stereocenters. The number of benzene rings is 8. The maximum absolute atomic E-state index is 14.8. The zero-order chi connectivity index (χ0) is 57.6. The van der Waals surface area contributed by atoms with Gasteiger partial charge in [-0.2, -0.15) is 21.6 Å². The van der Waals surface area contributed by atoms with E-state index in [2.05, 4.69) is 54.4 Å². The molecule has 9 rings (SSSR count). The van der Waals surface area contributed by atoms with Crippen LogP contribution in [0, 0.1) is 34.9 Å². The van der Waals surface area contributed by atoms with Crippen LogP contribution in [0.25, 0.3) is 55.6 Å². The number of halogens is 9. The van der Waals surface area contributed by atoms with Crippen LogP contribution in [0.3, 0.4) is 0 Å². The van der Waals surface area contributed by atoms with Crippen molar-refractivity contribution in [2.75, 3.05) is 11.5 Å². The van der Waals surface area contributed by atoms with E-state index in [4.69, 9.17) is 20.8 Å². The van der Waals surface area contributed by atoms with Gasteiger partial charge in [0.05, 0.1) is 11.2 Å². The minimum Gasteiger partial charge on any atom is -0.399 e. The fourth-order valence-corrected chi connectivity index (χ4v) is 8.78. The highest BCUT2D eigenvalue weighted by atomic mass is 32.2. The monoisotopic (exact) mass is 1110 g/mol. The van der Waals surface area contributed by atoms with Crippen LogP contribution in [0.1, 0.15) is 65.5 Å². The summed E-state index contributed by atoms with van der Waals surface area (Å²) in [5.74, 6) is -6.21. The third-order valence-corrected chi connectivity index (χ3v) is 14.5. The highest BCUT2D eigenvalue weighted by Gasteiger charge is 2.52. The topological polar surface area (TPSA) is 114 Å². The Morgan fingerprint density at radius 3 is 1.13 bits per heavy atom. The average Bonchev–Trinajstić information content (AvgIpc) is 3.88. The predicted octanol–water partition coefficient (Wildman–Crippen LogP) is 15.8. The van der Waals surface area contributed by atoms with Gasteiger partial charge in [-0.15, -0.1) is 0 Å². The molecule has 0 aromatic heterocycles. The first-order valence-electron chi connectivity index (χ1n) is 25.0. The van der Waals surface area contributed by atoms with Crippen LogP contribution in [0.15, 0.2) is 158 Å². The summed E-state index contributed by atoms with van der Waals surface area (Å²) >= 11 is 0. The van der Waals surface area contributed by atoms with Crippen molar-refractivity contribution in [3.8, 4) is 61.4 Å². The van der Waals surface area contributed by atoms with Crippen LogP contribution in [0.4, 0.5) is 50.9 Å². The first-order chi connectivity index (χ1) is 37.2. The normalized spacial score (nSPS) is 13.7. The van der Waals surface area contributed by atoms with E-state index >= 15 is 0 Å². The van der Waals surface area contributed by atoms with Crippen LogP contribution in [0.5, 0.6) is 5.75 Å². The lowest BCUT2D eigenvalue weighted by Gasteiger charge is -2.32. The molecule has 8 aromatic rings. The molecule has 1 heterocycles. The van der Waals surface area contributed by atoms with Gasteiger partial charge in [0.25, 0.3) is 0 Å². The lowest BCUT2D eigenvalue weighted by molar-refractivity contribution is -0.0501. The minimum absolute atomic E-state index is 0.107. The van der Waals surface area contributed by atoms with Crippen LogP contribution in [-0.4, -0.2) is 32.2 Å². The molecule has 1 saturated heterocycles. The number of alkyl halides is 3. The molecule has 8 aromatic carbocycles. The van der Waals surface area contributed by atoms with Gasteiger partial charge in [0.1, 0.15) is 40.5 Å². The summed E-state index contributed by atoms with van der Waals surface area (Å²) in [5.41, 5.74) is 12.5. The van der Waals surface area contributed by atoms with Crippen molar-refractivity contribution in [3.63, 3.8) is 0 Å². The second kappa shape index (κ2) is 24.2. The van der Waals surface area contributed by atoms with E-state index in [1.807, 2.05) is 76.2 Å². The Labute approximate surface area is 454 Å². The van der Waals surface area contributed by atoms with E-state index in [-0.39, 0.29) is 16.6 Å². The molecule has 4 N–H and O–H groups in total. The summed E-state index contributed by atoms with van der Waals surface area (Å²) in [7, 11) is -6.73. The predicted molar refractivity (Wildman–Crippen MR) is 294 cm³/mol. The molecule has 1 aliphatic rings. The van der Waals surface area contributed by atoms with Crippen molar-refractivity contribution in [1.29, 1.82) is 0 Å². The molecule has 7 nitrogen and oxygen atoms in total. The van der Waals surface area contributed by atoms with E-state index in [9.17, 15) is 47.9 Å². The molecule has 0 amide bonds. The van der Waals surface area contributed by atoms with Gasteiger partial charge in [0.2, 0.25) is 0 Å². The minimum atomic E-state index is -5.93. The van der Waals surface area contributed by atoms with Gasteiger partial charge in [-0.25, -0.2) is 26.3 Å². The molecule has 1 fully saturated rings. The molecule has 1 aliphatic heterocycles. The van der Waals surface area contributed by atoms with Gasteiger partial charge in [-0.3, -0.25) is 0 Å².